The van der Waals surface area contributed by atoms with Crippen molar-refractivity contribution >= 4 is 28.9 Å². The maximum absolute atomic E-state index is 12.3. The van der Waals surface area contributed by atoms with Gasteiger partial charge in [-0.15, -0.1) is 0 Å². The number of thioether (sulfide) groups is 1. The van der Waals surface area contributed by atoms with Crippen LogP contribution in [0, 0.1) is 13.8 Å². The Morgan fingerprint density at radius 2 is 1.36 bits per heavy atom. The van der Waals surface area contributed by atoms with Gasteiger partial charge in [0.2, 0.25) is 5.12 Å². The Bertz CT molecular complexity index is 986. The standard InChI is InChI=1S/C24H20O3S/c1-17-3-10-20(11-4-17)24(26)28-22-14-7-19(8-15-22)9-16-23(25)27-21-12-5-18(2)6-13-21/h3-16H,1-2H3/b16-9+. The quantitative estimate of drug-likeness (QED) is 0.238. The summed E-state index contributed by atoms with van der Waals surface area (Å²) in [5.74, 6) is 0.0819. The van der Waals surface area contributed by atoms with Gasteiger partial charge in [-0.25, -0.2) is 4.79 Å². The molecule has 0 spiro atoms. The van der Waals surface area contributed by atoms with Gasteiger partial charge in [-0.3, -0.25) is 4.79 Å². The van der Waals surface area contributed by atoms with Crippen LogP contribution in [-0.2, 0) is 4.79 Å². The second-order valence-electron chi connectivity index (χ2n) is 6.39. The van der Waals surface area contributed by atoms with Crippen LogP contribution in [0.15, 0.2) is 83.8 Å². The molecular weight excluding hydrogens is 368 g/mol. The summed E-state index contributed by atoms with van der Waals surface area (Å²) in [7, 11) is 0. The molecular formula is C24H20O3S. The predicted molar refractivity (Wildman–Crippen MR) is 114 cm³/mol. The van der Waals surface area contributed by atoms with Crippen molar-refractivity contribution in [2.75, 3.05) is 0 Å². The molecule has 3 nitrogen and oxygen atoms in total. The van der Waals surface area contributed by atoms with Gasteiger partial charge < -0.3 is 4.74 Å². The number of carbonyl (C=O) groups is 2. The SMILES string of the molecule is Cc1ccc(OC(=O)/C=C/c2ccc(SC(=O)c3ccc(C)cc3)cc2)cc1. The fourth-order valence-electron chi connectivity index (χ4n) is 2.42. The maximum Gasteiger partial charge on any atom is 0.336 e. The average Bonchev–Trinajstić information content (AvgIpc) is 2.70. The number of ether oxygens (including phenoxy) is 1. The molecule has 0 unspecified atom stereocenters. The minimum Gasteiger partial charge on any atom is -0.423 e. The molecule has 0 saturated heterocycles. The van der Waals surface area contributed by atoms with Crippen molar-refractivity contribution in [3.05, 3.63) is 101 Å². The summed E-state index contributed by atoms with van der Waals surface area (Å²) in [5, 5.41) is 0.00460. The highest BCUT2D eigenvalue weighted by molar-refractivity contribution is 8.14. The molecule has 0 fully saturated rings. The topological polar surface area (TPSA) is 43.4 Å². The predicted octanol–water partition coefficient (Wildman–Crippen LogP) is 5.85. The van der Waals surface area contributed by atoms with Crippen molar-refractivity contribution in [3.63, 3.8) is 0 Å². The Morgan fingerprint density at radius 3 is 1.96 bits per heavy atom. The number of carbonyl (C=O) groups excluding carboxylic acids is 2. The van der Waals surface area contributed by atoms with E-state index in [1.807, 2.05) is 74.5 Å². The average molecular weight is 388 g/mol. The molecule has 0 heterocycles. The van der Waals surface area contributed by atoms with Crippen molar-refractivity contribution < 1.29 is 14.3 Å². The van der Waals surface area contributed by atoms with Crippen molar-refractivity contribution in [1.29, 1.82) is 0 Å². The van der Waals surface area contributed by atoms with Gasteiger partial charge in [0.05, 0.1) is 0 Å². The third-order valence-electron chi connectivity index (χ3n) is 4.03. The zero-order valence-electron chi connectivity index (χ0n) is 15.7. The lowest BCUT2D eigenvalue weighted by molar-refractivity contribution is -0.128. The molecule has 4 heteroatoms. The van der Waals surface area contributed by atoms with Crippen LogP contribution in [0.5, 0.6) is 5.75 Å². The lowest BCUT2D eigenvalue weighted by Crippen LogP contribution is -2.03. The normalized spacial score (nSPS) is 10.8. The van der Waals surface area contributed by atoms with E-state index < -0.39 is 5.97 Å². The van der Waals surface area contributed by atoms with E-state index in [9.17, 15) is 9.59 Å². The molecule has 0 aliphatic rings. The van der Waals surface area contributed by atoms with E-state index in [-0.39, 0.29) is 5.12 Å². The van der Waals surface area contributed by atoms with Crippen molar-refractivity contribution in [3.8, 4) is 5.75 Å². The number of rotatable bonds is 5. The van der Waals surface area contributed by atoms with Gasteiger partial charge in [0.25, 0.3) is 0 Å². The summed E-state index contributed by atoms with van der Waals surface area (Å²) in [4.78, 5) is 25.1. The van der Waals surface area contributed by atoms with Crippen LogP contribution in [0.25, 0.3) is 6.08 Å². The molecule has 0 N–H and O–H groups in total. The fourth-order valence-corrected chi connectivity index (χ4v) is 3.16. The summed E-state index contributed by atoms with van der Waals surface area (Å²) in [5.41, 5.74) is 3.76. The van der Waals surface area contributed by atoms with Crippen LogP contribution in [0.3, 0.4) is 0 Å². The first-order valence-electron chi connectivity index (χ1n) is 8.85. The van der Waals surface area contributed by atoms with Crippen LogP contribution >= 0.6 is 11.8 Å². The van der Waals surface area contributed by atoms with E-state index in [0.29, 0.717) is 11.3 Å². The maximum atomic E-state index is 12.3. The zero-order valence-corrected chi connectivity index (χ0v) is 16.5. The Hall–Kier alpha value is -3.11. The highest BCUT2D eigenvalue weighted by atomic mass is 32.2. The van der Waals surface area contributed by atoms with E-state index in [1.165, 1.54) is 17.8 Å². The van der Waals surface area contributed by atoms with Gasteiger partial charge >= 0.3 is 5.97 Å². The van der Waals surface area contributed by atoms with Crippen LogP contribution in [-0.4, -0.2) is 11.1 Å². The Kier molecular flexibility index (Phi) is 6.45. The molecule has 0 bridgehead atoms. The third-order valence-corrected chi connectivity index (χ3v) is 4.96. The van der Waals surface area contributed by atoms with E-state index in [0.717, 1.165) is 21.6 Å². The van der Waals surface area contributed by atoms with E-state index >= 15 is 0 Å². The van der Waals surface area contributed by atoms with Crippen LogP contribution in [0.4, 0.5) is 0 Å². The van der Waals surface area contributed by atoms with Gasteiger partial charge in [0, 0.05) is 16.5 Å². The molecule has 3 aromatic carbocycles. The molecule has 140 valence electrons. The molecule has 3 aromatic rings. The molecule has 0 radical (unpaired) electrons. The number of hydrogen-bond donors (Lipinski definition) is 0. The third kappa shape index (κ3) is 5.69. The van der Waals surface area contributed by atoms with Crippen LogP contribution in [0.2, 0.25) is 0 Å². The smallest absolute Gasteiger partial charge is 0.336 e. The van der Waals surface area contributed by atoms with Gasteiger partial charge in [-0.2, -0.15) is 0 Å². The summed E-state index contributed by atoms with van der Waals surface area (Å²) in [6.07, 6.45) is 3.08. The summed E-state index contributed by atoms with van der Waals surface area (Å²) >= 11 is 1.18. The molecule has 0 atom stereocenters. The number of hydrogen-bond acceptors (Lipinski definition) is 4. The van der Waals surface area contributed by atoms with E-state index in [1.54, 1.807) is 18.2 Å². The highest BCUT2D eigenvalue weighted by Crippen LogP contribution is 2.23. The first kappa shape index (κ1) is 19.6. The Labute approximate surface area is 169 Å². The highest BCUT2D eigenvalue weighted by Gasteiger charge is 2.07. The van der Waals surface area contributed by atoms with Gasteiger partial charge in [-0.1, -0.05) is 59.7 Å². The van der Waals surface area contributed by atoms with Gasteiger partial charge in [-0.05, 0) is 61.5 Å². The summed E-state index contributed by atoms with van der Waals surface area (Å²) < 4.78 is 5.25. The summed E-state index contributed by atoms with van der Waals surface area (Å²) in [6.45, 7) is 3.96. The minimum absolute atomic E-state index is 0.00460. The number of benzene rings is 3. The first-order valence-corrected chi connectivity index (χ1v) is 9.67. The first-order chi connectivity index (χ1) is 13.5. The molecule has 0 aliphatic carbocycles. The minimum atomic E-state index is -0.433. The van der Waals surface area contributed by atoms with Crippen molar-refractivity contribution in [2.45, 2.75) is 18.7 Å². The molecule has 28 heavy (non-hydrogen) atoms. The molecule has 0 saturated carbocycles. The van der Waals surface area contributed by atoms with E-state index in [4.69, 9.17) is 4.74 Å². The molecule has 3 rings (SSSR count). The van der Waals surface area contributed by atoms with Gasteiger partial charge in [0.1, 0.15) is 5.75 Å². The van der Waals surface area contributed by atoms with Crippen molar-refractivity contribution in [1.82, 2.24) is 0 Å². The zero-order chi connectivity index (χ0) is 19.9. The van der Waals surface area contributed by atoms with Crippen LogP contribution in [0.1, 0.15) is 27.0 Å². The molecule has 0 aromatic heterocycles. The second kappa shape index (κ2) is 9.20. The Balaban J connectivity index is 1.56. The van der Waals surface area contributed by atoms with E-state index in [2.05, 4.69) is 0 Å². The monoisotopic (exact) mass is 388 g/mol. The number of aryl methyl sites for hydroxylation is 2. The fraction of sp³-hybridized carbons (Fsp3) is 0.0833. The Morgan fingerprint density at radius 1 is 0.786 bits per heavy atom. The lowest BCUT2D eigenvalue weighted by Gasteiger charge is -2.03. The molecule has 0 aliphatic heterocycles. The number of esters is 1. The lowest BCUT2D eigenvalue weighted by atomic mass is 10.2. The van der Waals surface area contributed by atoms with Crippen molar-refractivity contribution in [2.24, 2.45) is 0 Å². The second-order valence-corrected chi connectivity index (χ2v) is 7.44. The summed E-state index contributed by atoms with van der Waals surface area (Å²) in [6, 6.07) is 22.3. The van der Waals surface area contributed by atoms with Gasteiger partial charge in [0.15, 0.2) is 0 Å². The van der Waals surface area contributed by atoms with Crippen LogP contribution < -0.4 is 4.74 Å². The largest absolute Gasteiger partial charge is 0.423 e. The molecule has 0 amide bonds.